The smallest absolute Gasteiger partial charge is 0.258 e. The van der Waals surface area contributed by atoms with Gasteiger partial charge in [-0.25, -0.2) is 0 Å². The first-order chi connectivity index (χ1) is 12.1. The van der Waals surface area contributed by atoms with Crippen LogP contribution >= 0.6 is 0 Å². The molecule has 25 heavy (non-hydrogen) atoms. The van der Waals surface area contributed by atoms with E-state index in [0.717, 1.165) is 42.5 Å². The lowest BCUT2D eigenvalue weighted by Crippen LogP contribution is -2.60. The summed E-state index contributed by atoms with van der Waals surface area (Å²) in [5.74, 6) is 0.128. The van der Waals surface area contributed by atoms with Crippen LogP contribution in [-0.2, 0) is 5.66 Å². The molecule has 3 heteroatoms. The first-order valence-corrected chi connectivity index (χ1v) is 9.40. The van der Waals surface area contributed by atoms with E-state index >= 15 is 0 Å². The van der Waals surface area contributed by atoms with Gasteiger partial charge in [0.1, 0.15) is 5.66 Å². The molecule has 0 bridgehead atoms. The summed E-state index contributed by atoms with van der Waals surface area (Å²) in [4.78, 5) is 15.5. The van der Waals surface area contributed by atoms with Crippen LogP contribution in [0.4, 0.5) is 5.69 Å². The number of rotatable bonds is 6. The van der Waals surface area contributed by atoms with Crippen molar-refractivity contribution in [1.82, 2.24) is 4.90 Å². The number of carbonyl (C=O) groups is 1. The van der Waals surface area contributed by atoms with Gasteiger partial charge in [0.05, 0.1) is 5.56 Å². The number of benzene rings is 2. The van der Waals surface area contributed by atoms with Crippen LogP contribution in [0, 0.1) is 0 Å². The average Bonchev–Trinajstić information content (AvgIpc) is 2.66. The standard InChI is InChI=1S/C22H28N2O/c1-4-6-16-22(18-12-8-7-9-13-18)23-20-15-11-10-14-19(20)21(25)24(22)17(3)5-2/h7-15,17,23H,4-6,16H2,1-3H3. The largest absolute Gasteiger partial charge is 0.358 e. The number of nitrogens with zero attached hydrogens (tertiary/aromatic N) is 1. The number of nitrogens with one attached hydrogen (secondary N) is 1. The Morgan fingerprint density at radius 1 is 1.04 bits per heavy atom. The highest BCUT2D eigenvalue weighted by Gasteiger charge is 2.47. The van der Waals surface area contributed by atoms with E-state index in [0.29, 0.717) is 0 Å². The maximum atomic E-state index is 13.5. The number of hydrogen-bond donors (Lipinski definition) is 1. The Labute approximate surface area is 151 Å². The van der Waals surface area contributed by atoms with Crippen LogP contribution in [0.1, 0.15) is 62.4 Å². The third kappa shape index (κ3) is 3.04. The Kier molecular flexibility index (Phi) is 5.12. The molecule has 0 saturated heterocycles. The second-order valence-electron chi connectivity index (χ2n) is 6.93. The fourth-order valence-corrected chi connectivity index (χ4v) is 3.81. The van der Waals surface area contributed by atoms with Gasteiger partial charge in [0, 0.05) is 11.7 Å². The molecule has 2 atom stereocenters. The van der Waals surface area contributed by atoms with Gasteiger partial charge >= 0.3 is 0 Å². The summed E-state index contributed by atoms with van der Waals surface area (Å²) in [5, 5.41) is 3.76. The van der Waals surface area contributed by atoms with Gasteiger partial charge in [-0.1, -0.05) is 62.7 Å². The van der Waals surface area contributed by atoms with Gasteiger partial charge in [-0.05, 0) is 43.9 Å². The lowest BCUT2D eigenvalue weighted by Gasteiger charge is -2.51. The van der Waals surface area contributed by atoms with Crippen LogP contribution in [0.25, 0.3) is 0 Å². The third-order valence-electron chi connectivity index (χ3n) is 5.30. The highest BCUT2D eigenvalue weighted by atomic mass is 16.2. The van der Waals surface area contributed by atoms with E-state index in [2.05, 4.69) is 55.3 Å². The van der Waals surface area contributed by atoms with Crippen molar-refractivity contribution in [2.75, 3.05) is 5.32 Å². The SMILES string of the molecule is CCCCC1(c2ccccc2)Nc2ccccc2C(=O)N1C(C)CC. The average molecular weight is 336 g/mol. The molecule has 3 nitrogen and oxygen atoms in total. The zero-order valence-corrected chi connectivity index (χ0v) is 15.5. The Bertz CT molecular complexity index is 728. The highest BCUT2D eigenvalue weighted by molar-refractivity contribution is 6.02. The summed E-state index contributed by atoms with van der Waals surface area (Å²) in [6, 6.07) is 18.5. The highest BCUT2D eigenvalue weighted by Crippen LogP contribution is 2.42. The van der Waals surface area contributed by atoms with E-state index < -0.39 is 5.66 Å². The number of para-hydroxylation sites is 1. The van der Waals surface area contributed by atoms with Crippen LogP contribution in [0.15, 0.2) is 54.6 Å². The molecule has 1 heterocycles. The molecule has 1 amide bonds. The van der Waals surface area contributed by atoms with E-state index in [9.17, 15) is 4.79 Å². The molecule has 1 N–H and O–H groups in total. The number of amides is 1. The van der Waals surface area contributed by atoms with Crippen molar-refractivity contribution in [3.8, 4) is 0 Å². The van der Waals surface area contributed by atoms with Crippen LogP contribution in [-0.4, -0.2) is 16.8 Å². The quantitative estimate of drug-likeness (QED) is 0.766. The number of carbonyl (C=O) groups excluding carboxylic acids is 1. The minimum Gasteiger partial charge on any atom is -0.358 e. The van der Waals surface area contributed by atoms with Crippen LogP contribution in [0.5, 0.6) is 0 Å². The molecule has 132 valence electrons. The van der Waals surface area contributed by atoms with Gasteiger partial charge in [0.25, 0.3) is 5.91 Å². The van der Waals surface area contributed by atoms with Crippen molar-refractivity contribution >= 4 is 11.6 Å². The summed E-state index contributed by atoms with van der Waals surface area (Å²) < 4.78 is 0. The van der Waals surface area contributed by atoms with Crippen molar-refractivity contribution in [2.24, 2.45) is 0 Å². The summed E-state index contributed by atoms with van der Waals surface area (Å²) in [6.07, 6.45) is 3.99. The molecular weight excluding hydrogens is 308 g/mol. The Morgan fingerprint density at radius 2 is 1.72 bits per heavy atom. The zero-order valence-electron chi connectivity index (χ0n) is 15.5. The molecule has 0 aromatic heterocycles. The third-order valence-corrected chi connectivity index (χ3v) is 5.30. The second kappa shape index (κ2) is 7.30. The molecule has 1 aliphatic rings. The fourth-order valence-electron chi connectivity index (χ4n) is 3.81. The lowest BCUT2D eigenvalue weighted by molar-refractivity contribution is 0.0313. The van der Waals surface area contributed by atoms with Crippen LogP contribution < -0.4 is 5.32 Å². The Hall–Kier alpha value is -2.29. The summed E-state index contributed by atoms with van der Waals surface area (Å²) >= 11 is 0. The molecule has 3 rings (SSSR count). The van der Waals surface area contributed by atoms with Crippen molar-refractivity contribution in [2.45, 2.75) is 58.2 Å². The summed E-state index contributed by atoms with van der Waals surface area (Å²) in [7, 11) is 0. The Balaban J connectivity index is 2.20. The number of hydrogen-bond acceptors (Lipinski definition) is 2. The van der Waals surface area contributed by atoms with E-state index in [1.54, 1.807) is 0 Å². The monoisotopic (exact) mass is 336 g/mol. The van der Waals surface area contributed by atoms with E-state index in [4.69, 9.17) is 0 Å². The summed E-state index contributed by atoms with van der Waals surface area (Å²) in [6.45, 7) is 6.50. The molecular formula is C22H28N2O. The molecule has 2 unspecified atom stereocenters. The van der Waals surface area contributed by atoms with Crippen molar-refractivity contribution in [1.29, 1.82) is 0 Å². The van der Waals surface area contributed by atoms with Gasteiger partial charge in [0.2, 0.25) is 0 Å². The molecule has 0 fully saturated rings. The normalized spacial score (nSPS) is 20.8. The summed E-state index contributed by atoms with van der Waals surface area (Å²) in [5.41, 5.74) is 2.38. The predicted octanol–water partition coefficient (Wildman–Crippen LogP) is 5.40. The number of unbranched alkanes of at least 4 members (excludes halogenated alkanes) is 1. The van der Waals surface area contributed by atoms with Gasteiger partial charge in [-0.2, -0.15) is 0 Å². The van der Waals surface area contributed by atoms with Gasteiger partial charge in [0.15, 0.2) is 0 Å². The molecule has 2 aromatic carbocycles. The van der Waals surface area contributed by atoms with Crippen molar-refractivity contribution in [3.63, 3.8) is 0 Å². The maximum Gasteiger partial charge on any atom is 0.258 e. The first kappa shape index (κ1) is 17.5. The van der Waals surface area contributed by atoms with E-state index in [-0.39, 0.29) is 11.9 Å². The second-order valence-corrected chi connectivity index (χ2v) is 6.93. The number of fused-ring (bicyclic) bond motifs is 1. The molecule has 0 radical (unpaired) electrons. The topological polar surface area (TPSA) is 32.3 Å². The zero-order chi connectivity index (χ0) is 17.9. The van der Waals surface area contributed by atoms with Crippen LogP contribution in [0.2, 0.25) is 0 Å². The maximum absolute atomic E-state index is 13.5. The molecule has 0 aliphatic carbocycles. The van der Waals surface area contributed by atoms with Crippen molar-refractivity contribution < 1.29 is 4.79 Å². The van der Waals surface area contributed by atoms with Gasteiger partial charge in [-0.15, -0.1) is 0 Å². The molecule has 0 saturated carbocycles. The van der Waals surface area contributed by atoms with Crippen molar-refractivity contribution in [3.05, 3.63) is 65.7 Å². The Morgan fingerprint density at radius 3 is 2.40 bits per heavy atom. The predicted molar refractivity (Wildman–Crippen MR) is 104 cm³/mol. The number of anilines is 1. The van der Waals surface area contributed by atoms with Crippen LogP contribution in [0.3, 0.4) is 0 Å². The first-order valence-electron chi connectivity index (χ1n) is 9.40. The lowest BCUT2D eigenvalue weighted by atomic mass is 9.86. The van der Waals surface area contributed by atoms with E-state index in [1.165, 1.54) is 0 Å². The minimum absolute atomic E-state index is 0.128. The minimum atomic E-state index is -0.488. The van der Waals surface area contributed by atoms with E-state index in [1.807, 2.05) is 30.3 Å². The molecule has 2 aromatic rings. The van der Waals surface area contributed by atoms with Gasteiger partial charge < -0.3 is 10.2 Å². The molecule has 0 spiro atoms. The fraction of sp³-hybridized carbons (Fsp3) is 0.409. The molecule has 1 aliphatic heterocycles. The van der Waals surface area contributed by atoms with Gasteiger partial charge in [-0.3, -0.25) is 4.79 Å².